The van der Waals surface area contributed by atoms with E-state index in [1.807, 2.05) is 12.1 Å². The first-order valence-electron chi connectivity index (χ1n) is 9.78. The monoisotopic (exact) mass is 490 g/mol. The molecule has 1 heterocycles. The van der Waals surface area contributed by atoms with Crippen LogP contribution in [-0.2, 0) is 4.74 Å². The summed E-state index contributed by atoms with van der Waals surface area (Å²) in [4.78, 5) is 6.73. The van der Waals surface area contributed by atoms with Crippen LogP contribution in [0.3, 0.4) is 0 Å². The van der Waals surface area contributed by atoms with Crippen LogP contribution in [0.25, 0.3) is 0 Å². The largest absolute Gasteiger partial charge is 0.379 e. The van der Waals surface area contributed by atoms with E-state index in [0.29, 0.717) is 0 Å². The van der Waals surface area contributed by atoms with Crippen molar-refractivity contribution in [3.05, 3.63) is 35.6 Å². The summed E-state index contributed by atoms with van der Waals surface area (Å²) in [5, 5.41) is 6.85. The van der Waals surface area contributed by atoms with Gasteiger partial charge in [0.25, 0.3) is 0 Å². The summed E-state index contributed by atoms with van der Waals surface area (Å²) in [6, 6.07) is 7.00. The number of rotatable bonds is 8. The van der Waals surface area contributed by atoms with Gasteiger partial charge in [-0.15, -0.1) is 24.0 Å². The molecule has 5 nitrogen and oxygen atoms in total. The molecule has 1 aromatic carbocycles. The lowest BCUT2D eigenvalue weighted by atomic mass is 10.0. The third kappa shape index (κ3) is 7.54. The van der Waals surface area contributed by atoms with Crippen molar-refractivity contribution in [1.29, 1.82) is 0 Å². The normalized spacial score (nSPS) is 19.3. The van der Waals surface area contributed by atoms with E-state index in [-0.39, 0.29) is 35.8 Å². The van der Waals surface area contributed by atoms with Crippen LogP contribution >= 0.6 is 24.0 Å². The zero-order valence-corrected chi connectivity index (χ0v) is 18.5. The van der Waals surface area contributed by atoms with Gasteiger partial charge in [-0.05, 0) is 36.5 Å². The quantitative estimate of drug-likeness (QED) is 0.255. The molecule has 1 atom stereocenters. The lowest BCUT2D eigenvalue weighted by molar-refractivity contribution is 0.0170. The molecular weight excluding hydrogens is 458 g/mol. The third-order valence-corrected chi connectivity index (χ3v) is 5.21. The maximum atomic E-state index is 13.3. The second-order valence-electron chi connectivity index (χ2n) is 7.18. The highest BCUT2D eigenvalue weighted by Crippen LogP contribution is 2.33. The van der Waals surface area contributed by atoms with Crippen molar-refractivity contribution in [2.24, 2.45) is 10.9 Å². The van der Waals surface area contributed by atoms with Crippen molar-refractivity contribution in [3.8, 4) is 0 Å². The molecule has 0 bridgehead atoms. The van der Waals surface area contributed by atoms with E-state index in [4.69, 9.17) is 4.74 Å². The van der Waals surface area contributed by atoms with Crippen LogP contribution in [0.15, 0.2) is 29.3 Å². The van der Waals surface area contributed by atoms with Crippen LogP contribution in [0, 0.1) is 11.7 Å². The molecule has 0 amide bonds. The molecule has 3 rings (SSSR count). The second-order valence-corrected chi connectivity index (χ2v) is 7.18. The molecule has 1 aromatic rings. The van der Waals surface area contributed by atoms with Crippen LogP contribution in [0.2, 0.25) is 0 Å². The molecule has 2 aliphatic rings. The molecule has 0 radical (unpaired) electrons. The standard InChI is InChI=1S/C20H31FN4O.HI/c1-22-20(23-10-2-3-16-4-5-16)24-15-19(25-11-13-26-14-12-25)17-6-8-18(21)9-7-17;/h6-9,16,19H,2-5,10-15H2,1H3,(H2,22,23,24);1H. The molecule has 1 saturated carbocycles. The van der Waals surface area contributed by atoms with E-state index < -0.39 is 0 Å². The first-order chi connectivity index (χ1) is 12.8. The Balaban J connectivity index is 0.00000261. The average molecular weight is 490 g/mol. The fourth-order valence-electron chi connectivity index (χ4n) is 3.45. The van der Waals surface area contributed by atoms with E-state index in [2.05, 4.69) is 20.5 Å². The first-order valence-corrected chi connectivity index (χ1v) is 9.78. The number of guanidine groups is 1. The molecule has 1 saturated heterocycles. The van der Waals surface area contributed by atoms with Crippen molar-refractivity contribution in [2.75, 3.05) is 46.4 Å². The molecule has 0 aromatic heterocycles. The summed E-state index contributed by atoms with van der Waals surface area (Å²) in [5.74, 6) is 1.60. The Morgan fingerprint density at radius 3 is 2.56 bits per heavy atom. The number of ether oxygens (including phenoxy) is 1. The third-order valence-electron chi connectivity index (χ3n) is 5.21. The lowest BCUT2D eigenvalue weighted by Crippen LogP contribution is -2.46. The highest BCUT2D eigenvalue weighted by Gasteiger charge is 2.23. The van der Waals surface area contributed by atoms with Crippen LogP contribution in [0.1, 0.15) is 37.3 Å². The van der Waals surface area contributed by atoms with Gasteiger partial charge in [0.15, 0.2) is 5.96 Å². The first kappa shape index (κ1) is 22.4. The lowest BCUT2D eigenvalue weighted by Gasteiger charge is -2.35. The van der Waals surface area contributed by atoms with E-state index in [0.717, 1.165) is 56.8 Å². The highest BCUT2D eigenvalue weighted by atomic mass is 127. The van der Waals surface area contributed by atoms with Crippen molar-refractivity contribution in [1.82, 2.24) is 15.5 Å². The van der Waals surface area contributed by atoms with Crippen LogP contribution in [0.4, 0.5) is 4.39 Å². The van der Waals surface area contributed by atoms with Gasteiger partial charge in [0.1, 0.15) is 5.82 Å². The Kier molecular flexibility index (Phi) is 9.78. The van der Waals surface area contributed by atoms with Gasteiger partial charge < -0.3 is 15.4 Å². The Hall–Kier alpha value is -0.930. The molecule has 1 aliphatic heterocycles. The summed E-state index contributed by atoms with van der Waals surface area (Å²) in [6.07, 6.45) is 5.32. The zero-order valence-electron chi connectivity index (χ0n) is 16.1. The summed E-state index contributed by atoms with van der Waals surface area (Å²) < 4.78 is 18.8. The predicted octanol–water partition coefficient (Wildman–Crippen LogP) is 3.17. The molecule has 152 valence electrons. The number of halogens is 2. The summed E-state index contributed by atoms with van der Waals surface area (Å²) in [5.41, 5.74) is 1.12. The van der Waals surface area contributed by atoms with Crippen LogP contribution in [0.5, 0.6) is 0 Å². The van der Waals surface area contributed by atoms with Gasteiger partial charge >= 0.3 is 0 Å². The second kappa shape index (κ2) is 11.8. The highest BCUT2D eigenvalue weighted by molar-refractivity contribution is 14.0. The fourth-order valence-corrected chi connectivity index (χ4v) is 3.45. The molecule has 1 unspecified atom stereocenters. The van der Waals surface area contributed by atoms with Gasteiger partial charge in [0.05, 0.1) is 19.3 Å². The predicted molar refractivity (Wildman–Crippen MR) is 118 cm³/mol. The summed E-state index contributed by atoms with van der Waals surface area (Å²) in [6.45, 7) is 4.94. The average Bonchev–Trinajstić information content (AvgIpc) is 3.50. The Morgan fingerprint density at radius 1 is 1.22 bits per heavy atom. The van der Waals surface area contributed by atoms with E-state index in [1.54, 1.807) is 7.05 Å². The van der Waals surface area contributed by atoms with Crippen molar-refractivity contribution < 1.29 is 9.13 Å². The smallest absolute Gasteiger partial charge is 0.191 e. The number of nitrogens with zero attached hydrogens (tertiary/aromatic N) is 2. The molecule has 2 fully saturated rings. The van der Waals surface area contributed by atoms with Crippen LogP contribution in [-0.4, -0.2) is 57.3 Å². The number of nitrogens with one attached hydrogen (secondary N) is 2. The zero-order chi connectivity index (χ0) is 18.2. The number of benzene rings is 1. The van der Waals surface area contributed by atoms with Gasteiger partial charge in [0.2, 0.25) is 0 Å². The molecular formula is C20H32FIN4O. The summed E-state index contributed by atoms with van der Waals surface area (Å²) in [7, 11) is 1.80. The van der Waals surface area contributed by atoms with E-state index in [1.165, 1.54) is 37.8 Å². The van der Waals surface area contributed by atoms with Gasteiger partial charge in [-0.3, -0.25) is 9.89 Å². The number of hydrogen-bond acceptors (Lipinski definition) is 3. The Morgan fingerprint density at radius 2 is 1.93 bits per heavy atom. The molecule has 2 N–H and O–H groups in total. The van der Waals surface area contributed by atoms with Crippen molar-refractivity contribution in [2.45, 2.75) is 31.7 Å². The molecule has 0 spiro atoms. The van der Waals surface area contributed by atoms with E-state index >= 15 is 0 Å². The molecule has 27 heavy (non-hydrogen) atoms. The van der Waals surface area contributed by atoms with Gasteiger partial charge in [-0.2, -0.15) is 0 Å². The van der Waals surface area contributed by atoms with Gasteiger partial charge in [0, 0.05) is 33.2 Å². The minimum absolute atomic E-state index is 0. The number of aliphatic imine (C=N–C) groups is 1. The van der Waals surface area contributed by atoms with Crippen LogP contribution < -0.4 is 10.6 Å². The number of hydrogen-bond donors (Lipinski definition) is 2. The SMILES string of the molecule is CN=C(NCCCC1CC1)NCC(c1ccc(F)cc1)N1CCOCC1.I. The summed E-state index contributed by atoms with van der Waals surface area (Å²) >= 11 is 0. The number of morpholine rings is 1. The Bertz CT molecular complexity index is 574. The van der Waals surface area contributed by atoms with Crippen molar-refractivity contribution in [3.63, 3.8) is 0 Å². The molecule has 1 aliphatic carbocycles. The van der Waals surface area contributed by atoms with E-state index in [9.17, 15) is 4.39 Å². The maximum absolute atomic E-state index is 13.3. The minimum atomic E-state index is -0.199. The Labute approximate surface area is 179 Å². The maximum Gasteiger partial charge on any atom is 0.191 e. The van der Waals surface area contributed by atoms with Crippen molar-refractivity contribution >= 4 is 29.9 Å². The van der Waals surface area contributed by atoms with Gasteiger partial charge in [-0.1, -0.05) is 25.0 Å². The van der Waals surface area contributed by atoms with Gasteiger partial charge in [-0.25, -0.2) is 4.39 Å². The molecule has 7 heteroatoms. The topological polar surface area (TPSA) is 48.9 Å². The minimum Gasteiger partial charge on any atom is -0.379 e. The fraction of sp³-hybridized carbons (Fsp3) is 0.650.